The summed E-state index contributed by atoms with van der Waals surface area (Å²) in [5.41, 5.74) is -0.340. The van der Waals surface area contributed by atoms with Crippen molar-refractivity contribution in [3.05, 3.63) is 11.6 Å². The Morgan fingerprint density at radius 2 is 1.83 bits per heavy atom. The highest BCUT2D eigenvalue weighted by molar-refractivity contribution is 5.13. The number of halogens is 3. The van der Waals surface area contributed by atoms with Crippen LogP contribution in [-0.4, -0.2) is 6.18 Å². The van der Waals surface area contributed by atoms with Crippen LogP contribution in [0.15, 0.2) is 11.6 Å². The van der Waals surface area contributed by atoms with Crippen LogP contribution in [0, 0.1) is 11.8 Å². The second-order valence-electron chi connectivity index (χ2n) is 3.62. The van der Waals surface area contributed by atoms with Crippen LogP contribution in [0.4, 0.5) is 13.2 Å². The third kappa shape index (κ3) is 2.02. The molecule has 2 atom stereocenters. The van der Waals surface area contributed by atoms with Crippen molar-refractivity contribution in [1.29, 1.82) is 0 Å². The molecule has 0 nitrogen and oxygen atoms in total. The molecule has 0 radical (unpaired) electrons. The van der Waals surface area contributed by atoms with Gasteiger partial charge in [0.15, 0.2) is 0 Å². The third-order valence-corrected chi connectivity index (χ3v) is 2.61. The summed E-state index contributed by atoms with van der Waals surface area (Å²) in [7, 11) is 0. The summed E-state index contributed by atoms with van der Waals surface area (Å²) in [4.78, 5) is 0. The molecule has 0 spiro atoms. The van der Waals surface area contributed by atoms with Crippen LogP contribution >= 0.6 is 0 Å². The van der Waals surface area contributed by atoms with E-state index in [1.54, 1.807) is 0 Å². The standard InChI is InChI=1S/C9H13F3/c1-6-3-4-8(5-7(6)2)9(10,11)12/h4,6-7H,3,5H2,1-2H3. The number of alkyl halides is 3. The average molecular weight is 178 g/mol. The third-order valence-electron chi connectivity index (χ3n) is 2.61. The van der Waals surface area contributed by atoms with Crippen molar-refractivity contribution in [2.45, 2.75) is 32.9 Å². The van der Waals surface area contributed by atoms with E-state index in [1.165, 1.54) is 6.08 Å². The summed E-state index contributed by atoms with van der Waals surface area (Å²) in [6, 6.07) is 0. The molecule has 0 aromatic rings. The van der Waals surface area contributed by atoms with Crippen molar-refractivity contribution in [2.75, 3.05) is 0 Å². The summed E-state index contributed by atoms with van der Waals surface area (Å²) >= 11 is 0. The summed E-state index contributed by atoms with van der Waals surface area (Å²) in [5.74, 6) is 0.544. The molecule has 0 heterocycles. The van der Waals surface area contributed by atoms with Crippen LogP contribution in [0.5, 0.6) is 0 Å². The highest BCUT2D eigenvalue weighted by Gasteiger charge is 2.36. The van der Waals surface area contributed by atoms with Gasteiger partial charge in [0.1, 0.15) is 0 Å². The Hall–Kier alpha value is -0.470. The molecular weight excluding hydrogens is 165 g/mol. The summed E-state index contributed by atoms with van der Waals surface area (Å²) in [6.45, 7) is 3.87. The summed E-state index contributed by atoms with van der Waals surface area (Å²) < 4.78 is 36.5. The zero-order chi connectivity index (χ0) is 9.35. The van der Waals surface area contributed by atoms with Gasteiger partial charge in [-0.1, -0.05) is 19.9 Å². The van der Waals surface area contributed by atoms with Crippen molar-refractivity contribution in [3.8, 4) is 0 Å². The van der Waals surface area contributed by atoms with Crippen molar-refractivity contribution in [2.24, 2.45) is 11.8 Å². The van der Waals surface area contributed by atoms with Gasteiger partial charge in [0, 0.05) is 5.57 Å². The fourth-order valence-electron chi connectivity index (χ4n) is 1.42. The maximum absolute atomic E-state index is 12.2. The Labute approximate surface area is 70.5 Å². The minimum absolute atomic E-state index is 0.159. The van der Waals surface area contributed by atoms with Crippen LogP contribution in [-0.2, 0) is 0 Å². The molecule has 0 N–H and O–H groups in total. The normalized spacial score (nSPS) is 31.6. The molecule has 1 aliphatic rings. The number of hydrogen-bond acceptors (Lipinski definition) is 0. The van der Waals surface area contributed by atoms with Gasteiger partial charge >= 0.3 is 6.18 Å². The Bertz CT molecular complexity index is 190. The number of allylic oxidation sites excluding steroid dienone is 2. The lowest BCUT2D eigenvalue weighted by atomic mass is 9.82. The minimum Gasteiger partial charge on any atom is -0.166 e. The largest absolute Gasteiger partial charge is 0.412 e. The second-order valence-corrected chi connectivity index (χ2v) is 3.62. The zero-order valence-corrected chi connectivity index (χ0v) is 7.28. The SMILES string of the molecule is CC1CC=C(C(F)(F)F)CC1C. The first-order valence-electron chi connectivity index (χ1n) is 4.17. The van der Waals surface area contributed by atoms with E-state index in [2.05, 4.69) is 0 Å². The van der Waals surface area contributed by atoms with Crippen LogP contribution in [0.3, 0.4) is 0 Å². The Morgan fingerprint density at radius 3 is 2.25 bits per heavy atom. The molecule has 12 heavy (non-hydrogen) atoms. The molecular formula is C9H13F3. The van der Waals surface area contributed by atoms with E-state index in [0.29, 0.717) is 12.3 Å². The summed E-state index contributed by atoms with van der Waals surface area (Å²) in [5, 5.41) is 0. The van der Waals surface area contributed by atoms with E-state index in [9.17, 15) is 13.2 Å². The monoisotopic (exact) mass is 178 g/mol. The Morgan fingerprint density at radius 1 is 1.25 bits per heavy atom. The molecule has 0 amide bonds. The van der Waals surface area contributed by atoms with Gasteiger partial charge in [0.05, 0.1) is 0 Å². The molecule has 0 aliphatic heterocycles. The van der Waals surface area contributed by atoms with E-state index in [4.69, 9.17) is 0 Å². The lowest BCUT2D eigenvalue weighted by molar-refractivity contribution is -0.0971. The fraction of sp³-hybridized carbons (Fsp3) is 0.778. The van der Waals surface area contributed by atoms with Gasteiger partial charge in [0.2, 0.25) is 0 Å². The lowest BCUT2D eigenvalue weighted by Gasteiger charge is -2.26. The van der Waals surface area contributed by atoms with Crippen molar-refractivity contribution in [3.63, 3.8) is 0 Å². The van der Waals surface area contributed by atoms with E-state index in [1.807, 2.05) is 13.8 Å². The van der Waals surface area contributed by atoms with Crippen molar-refractivity contribution < 1.29 is 13.2 Å². The quantitative estimate of drug-likeness (QED) is 0.498. The molecule has 3 heteroatoms. The smallest absolute Gasteiger partial charge is 0.166 e. The van der Waals surface area contributed by atoms with Crippen LogP contribution in [0.2, 0.25) is 0 Å². The summed E-state index contributed by atoms with van der Waals surface area (Å²) in [6.07, 6.45) is -2.01. The predicted octanol–water partition coefficient (Wildman–Crippen LogP) is 3.54. The van der Waals surface area contributed by atoms with Crippen LogP contribution < -0.4 is 0 Å². The molecule has 2 unspecified atom stereocenters. The number of rotatable bonds is 0. The molecule has 0 saturated carbocycles. The van der Waals surface area contributed by atoms with Gasteiger partial charge in [-0.2, -0.15) is 13.2 Å². The van der Waals surface area contributed by atoms with Gasteiger partial charge in [0.25, 0.3) is 0 Å². The highest BCUT2D eigenvalue weighted by Crippen LogP contribution is 2.37. The topological polar surface area (TPSA) is 0 Å². The Balaban J connectivity index is 2.71. The van der Waals surface area contributed by atoms with Crippen molar-refractivity contribution >= 4 is 0 Å². The predicted molar refractivity (Wildman–Crippen MR) is 41.7 cm³/mol. The lowest BCUT2D eigenvalue weighted by Crippen LogP contribution is -2.21. The number of hydrogen-bond donors (Lipinski definition) is 0. The van der Waals surface area contributed by atoms with Crippen LogP contribution in [0.25, 0.3) is 0 Å². The first-order chi connectivity index (χ1) is 5.41. The highest BCUT2D eigenvalue weighted by atomic mass is 19.4. The first-order valence-corrected chi connectivity index (χ1v) is 4.17. The molecule has 1 aliphatic carbocycles. The molecule has 70 valence electrons. The van der Waals surface area contributed by atoms with Crippen LogP contribution in [0.1, 0.15) is 26.7 Å². The maximum Gasteiger partial charge on any atom is 0.412 e. The van der Waals surface area contributed by atoms with Gasteiger partial charge < -0.3 is 0 Å². The molecule has 0 aromatic heterocycles. The molecule has 0 bridgehead atoms. The Kier molecular flexibility index (Phi) is 2.49. The fourth-order valence-corrected chi connectivity index (χ4v) is 1.42. The molecule has 0 fully saturated rings. The maximum atomic E-state index is 12.2. The van der Waals surface area contributed by atoms with Gasteiger partial charge in [-0.3, -0.25) is 0 Å². The molecule has 0 saturated heterocycles. The van der Waals surface area contributed by atoms with Gasteiger partial charge in [-0.15, -0.1) is 0 Å². The second kappa shape index (κ2) is 3.11. The molecule has 1 rings (SSSR count). The van der Waals surface area contributed by atoms with E-state index in [0.717, 1.165) is 0 Å². The van der Waals surface area contributed by atoms with E-state index < -0.39 is 6.18 Å². The van der Waals surface area contributed by atoms with E-state index >= 15 is 0 Å². The van der Waals surface area contributed by atoms with Crippen molar-refractivity contribution in [1.82, 2.24) is 0 Å². The van der Waals surface area contributed by atoms with Gasteiger partial charge in [-0.25, -0.2) is 0 Å². The average Bonchev–Trinajstić information content (AvgIpc) is 1.92. The van der Waals surface area contributed by atoms with E-state index in [-0.39, 0.29) is 17.9 Å². The first kappa shape index (κ1) is 9.62. The minimum atomic E-state index is -4.10. The van der Waals surface area contributed by atoms with Gasteiger partial charge in [-0.05, 0) is 24.7 Å². The zero-order valence-electron chi connectivity index (χ0n) is 7.28. The molecule has 0 aromatic carbocycles.